The van der Waals surface area contributed by atoms with Gasteiger partial charge in [0.15, 0.2) is 11.5 Å². The monoisotopic (exact) mass is 502 g/mol. The minimum Gasteiger partial charge on any atom is -0.420 e. The van der Waals surface area contributed by atoms with Gasteiger partial charge < -0.3 is 19.1 Å². The lowest BCUT2D eigenvalue weighted by Crippen LogP contribution is -2.35. The van der Waals surface area contributed by atoms with Crippen LogP contribution in [-0.4, -0.2) is 59.4 Å². The van der Waals surface area contributed by atoms with Crippen molar-refractivity contribution in [1.82, 2.24) is 14.2 Å². The SMILES string of the molecule is CN1Sc2ccccc2C(OC(=O)c2ccc(CN3CCOCC3)cc2)=C1C(=O)Nc1ccccn1. The number of morpholine rings is 1. The van der Waals surface area contributed by atoms with Crippen LogP contribution in [0.5, 0.6) is 0 Å². The Bertz CT molecular complexity index is 1270. The van der Waals surface area contributed by atoms with Gasteiger partial charge in [-0.05, 0) is 53.9 Å². The molecular weight excluding hydrogens is 476 g/mol. The highest BCUT2D eigenvalue weighted by molar-refractivity contribution is 7.97. The lowest BCUT2D eigenvalue weighted by atomic mass is 10.1. The Morgan fingerprint density at radius 2 is 1.78 bits per heavy atom. The molecule has 9 heteroatoms. The number of rotatable bonds is 6. The molecule has 8 nitrogen and oxygen atoms in total. The van der Waals surface area contributed by atoms with Crippen LogP contribution in [0.3, 0.4) is 0 Å². The van der Waals surface area contributed by atoms with Crippen molar-refractivity contribution in [1.29, 1.82) is 0 Å². The number of nitrogens with one attached hydrogen (secondary N) is 1. The highest BCUT2D eigenvalue weighted by atomic mass is 32.2. The molecule has 3 heterocycles. The number of aromatic nitrogens is 1. The maximum absolute atomic E-state index is 13.3. The van der Waals surface area contributed by atoms with Crippen LogP contribution in [0.4, 0.5) is 5.82 Å². The maximum atomic E-state index is 13.3. The van der Waals surface area contributed by atoms with Crippen LogP contribution in [0.2, 0.25) is 0 Å². The molecule has 5 rings (SSSR count). The summed E-state index contributed by atoms with van der Waals surface area (Å²) in [6.07, 6.45) is 1.60. The number of hydrogen-bond acceptors (Lipinski definition) is 8. The van der Waals surface area contributed by atoms with Crippen LogP contribution in [0.1, 0.15) is 21.5 Å². The predicted octanol–water partition coefficient (Wildman–Crippen LogP) is 4.03. The third-order valence-electron chi connectivity index (χ3n) is 5.91. The van der Waals surface area contributed by atoms with Crippen LogP contribution < -0.4 is 5.32 Å². The molecule has 0 unspecified atom stereocenters. The minimum atomic E-state index is -0.527. The van der Waals surface area contributed by atoms with Crippen molar-refractivity contribution in [3.8, 4) is 0 Å². The molecule has 3 aromatic rings. The number of amides is 1. The van der Waals surface area contributed by atoms with Crippen LogP contribution in [0.15, 0.2) is 83.5 Å². The molecule has 36 heavy (non-hydrogen) atoms. The number of ether oxygens (including phenoxy) is 2. The van der Waals surface area contributed by atoms with Crippen molar-refractivity contribution in [3.05, 3.63) is 95.3 Å². The molecule has 1 amide bonds. The summed E-state index contributed by atoms with van der Waals surface area (Å²) in [5.74, 6) is -0.320. The molecule has 1 fully saturated rings. The number of pyridine rings is 1. The molecule has 0 aliphatic carbocycles. The molecule has 0 radical (unpaired) electrons. The zero-order valence-electron chi connectivity index (χ0n) is 19.8. The van der Waals surface area contributed by atoms with Gasteiger partial charge in [-0.1, -0.05) is 30.3 Å². The van der Waals surface area contributed by atoms with Gasteiger partial charge in [-0.15, -0.1) is 0 Å². The van der Waals surface area contributed by atoms with Gasteiger partial charge in [0.2, 0.25) is 0 Å². The largest absolute Gasteiger partial charge is 0.420 e. The zero-order chi connectivity index (χ0) is 24.9. The molecule has 2 aliphatic heterocycles. The van der Waals surface area contributed by atoms with E-state index in [-0.39, 0.29) is 11.5 Å². The standard InChI is InChI=1S/C27H26N4O4S/c1-30-24(26(32)29-23-8-4-5-13-28-23)25(21-6-2-3-7-22(21)36-30)35-27(33)20-11-9-19(10-12-20)18-31-14-16-34-17-15-31/h2-13H,14-18H2,1H3,(H,28,29,32). The van der Waals surface area contributed by atoms with Gasteiger partial charge in [-0.2, -0.15) is 0 Å². The van der Waals surface area contributed by atoms with E-state index in [9.17, 15) is 9.59 Å². The van der Waals surface area contributed by atoms with Crippen LogP contribution >= 0.6 is 11.9 Å². The predicted molar refractivity (Wildman–Crippen MR) is 138 cm³/mol. The summed E-state index contributed by atoms with van der Waals surface area (Å²) in [5, 5.41) is 2.79. The zero-order valence-corrected chi connectivity index (χ0v) is 20.7. The van der Waals surface area contributed by atoms with E-state index in [0.717, 1.165) is 43.3 Å². The number of nitrogens with zero attached hydrogens (tertiary/aromatic N) is 3. The van der Waals surface area contributed by atoms with Crippen molar-refractivity contribution in [2.45, 2.75) is 11.4 Å². The van der Waals surface area contributed by atoms with Crippen molar-refractivity contribution in [2.24, 2.45) is 0 Å². The normalized spacial score (nSPS) is 15.9. The third-order valence-corrected chi connectivity index (χ3v) is 6.92. The van der Waals surface area contributed by atoms with Crippen LogP contribution in [0, 0.1) is 0 Å². The van der Waals surface area contributed by atoms with Gasteiger partial charge in [-0.25, -0.2) is 9.78 Å². The molecule has 184 valence electrons. The molecule has 0 spiro atoms. The van der Waals surface area contributed by atoms with E-state index in [1.807, 2.05) is 36.4 Å². The first-order valence-electron chi connectivity index (χ1n) is 11.7. The average molecular weight is 503 g/mol. The van der Waals surface area contributed by atoms with Crippen molar-refractivity contribution >= 4 is 35.4 Å². The van der Waals surface area contributed by atoms with Gasteiger partial charge in [0.05, 0.1) is 18.8 Å². The van der Waals surface area contributed by atoms with E-state index in [1.54, 1.807) is 47.9 Å². The number of carbonyl (C=O) groups is 2. The second kappa shape index (κ2) is 10.9. The summed E-state index contributed by atoms with van der Waals surface area (Å²) in [6.45, 7) is 4.07. The van der Waals surface area contributed by atoms with Gasteiger partial charge in [0, 0.05) is 43.3 Å². The van der Waals surface area contributed by atoms with E-state index >= 15 is 0 Å². The number of esters is 1. The van der Waals surface area contributed by atoms with Crippen LogP contribution in [-0.2, 0) is 20.8 Å². The van der Waals surface area contributed by atoms with Gasteiger partial charge in [0.25, 0.3) is 5.91 Å². The molecule has 0 atom stereocenters. The molecule has 2 aliphatic rings. The fraction of sp³-hybridized carbons (Fsp3) is 0.222. The second-order valence-electron chi connectivity index (χ2n) is 8.41. The molecule has 2 aromatic carbocycles. The molecule has 0 saturated carbocycles. The maximum Gasteiger partial charge on any atom is 0.343 e. The summed E-state index contributed by atoms with van der Waals surface area (Å²) >= 11 is 1.39. The number of fused-ring (bicyclic) bond motifs is 1. The molecule has 0 bridgehead atoms. The molecular formula is C27H26N4O4S. The Morgan fingerprint density at radius 3 is 2.53 bits per heavy atom. The van der Waals surface area contributed by atoms with Gasteiger partial charge >= 0.3 is 5.97 Å². The summed E-state index contributed by atoms with van der Waals surface area (Å²) in [5.41, 5.74) is 2.45. The lowest BCUT2D eigenvalue weighted by molar-refractivity contribution is -0.113. The fourth-order valence-electron chi connectivity index (χ4n) is 4.07. The van der Waals surface area contributed by atoms with E-state index in [0.29, 0.717) is 16.9 Å². The Kier molecular flexibility index (Phi) is 7.31. The average Bonchev–Trinajstić information content (AvgIpc) is 2.90. The Balaban J connectivity index is 1.40. The molecule has 1 N–H and O–H groups in total. The fourth-order valence-corrected chi connectivity index (χ4v) is 5.03. The van der Waals surface area contributed by atoms with E-state index in [2.05, 4.69) is 15.2 Å². The third kappa shape index (κ3) is 5.43. The van der Waals surface area contributed by atoms with E-state index < -0.39 is 11.9 Å². The smallest absolute Gasteiger partial charge is 0.343 e. The topological polar surface area (TPSA) is 84.0 Å². The second-order valence-corrected chi connectivity index (χ2v) is 9.58. The van der Waals surface area contributed by atoms with Gasteiger partial charge in [-0.3, -0.25) is 9.69 Å². The highest BCUT2D eigenvalue weighted by Gasteiger charge is 2.31. The number of anilines is 1. The van der Waals surface area contributed by atoms with E-state index in [1.165, 1.54) is 11.9 Å². The summed E-state index contributed by atoms with van der Waals surface area (Å²) in [4.78, 5) is 33.9. The first kappa shape index (κ1) is 24.1. The Morgan fingerprint density at radius 1 is 1.03 bits per heavy atom. The molecule has 1 saturated heterocycles. The number of hydrogen-bond donors (Lipinski definition) is 1. The van der Waals surface area contributed by atoms with Crippen molar-refractivity contribution in [3.63, 3.8) is 0 Å². The molecule has 1 aromatic heterocycles. The number of carbonyl (C=O) groups excluding carboxylic acids is 2. The minimum absolute atomic E-state index is 0.211. The summed E-state index contributed by atoms with van der Waals surface area (Å²) in [6, 6.07) is 20.2. The first-order chi connectivity index (χ1) is 17.6. The Hall–Kier alpha value is -3.66. The first-order valence-corrected chi connectivity index (χ1v) is 12.4. The Labute approximate surface area is 214 Å². The van der Waals surface area contributed by atoms with E-state index in [4.69, 9.17) is 9.47 Å². The number of likely N-dealkylation sites (N-methyl/N-ethyl adjacent to an activating group) is 1. The van der Waals surface area contributed by atoms with Crippen molar-refractivity contribution < 1.29 is 19.1 Å². The number of benzene rings is 2. The summed E-state index contributed by atoms with van der Waals surface area (Å²) in [7, 11) is 1.77. The van der Waals surface area contributed by atoms with Crippen LogP contribution in [0.25, 0.3) is 5.76 Å². The highest BCUT2D eigenvalue weighted by Crippen LogP contribution is 2.41. The van der Waals surface area contributed by atoms with Gasteiger partial charge in [0.1, 0.15) is 5.82 Å². The summed E-state index contributed by atoms with van der Waals surface area (Å²) < 4.78 is 13.0. The quantitative estimate of drug-likeness (QED) is 0.400. The van der Waals surface area contributed by atoms with Crippen molar-refractivity contribution in [2.75, 3.05) is 38.7 Å². The lowest BCUT2D eigenvalue weighted by Gasteiger charge is -2.29.